The van der Waals surface area contributed by atoms with Gasteiger partial charge in [-0.15, -0.1) is 0 Å². The van der Waals surface area contributed by atoms with E-state index in [0.717, 1.165) is 11.1 Å². The highest BCUT2D eigenvalue weighted by atomic mass is 32.2. The van der Waals surface area contributed by atoms with Crippen molar-refractivity contribution < 1.29 is 12.6 Å². The molecule has 2 rings (SSSR count). The summed E-state index contributed by atoms with van der Waals surface area (Å²) in [6, 6.07) is 10.3. The average Bonchev–Trinajstić information content (AvgIpc) is 2.42. The summed E-state index contributed by atoms with van der Waals surface area (Å²) in [5.41, 5.74) is 8.47. The van der Waals surface area contributed by atoms with E-state index in [1.165, 1.54) is 0 Å². The van der Waals surface area contributed by atoms with Gasteiger partial charge in [0.2, 0.25) is 0 Å². The van der Waals surface area contributed by atoms with Crippen LogP contribution in [0.1, 0.15) is 37.5 Å². The molecule has 0 heterocycles. The first-order valence-electron chi connectivity index (χ1n) is 7.43. The van der Waals surface area contributed by atoms with Crippen molar-refractivity contribution in [2.75, 3.05) is 5.73 Å². The highest BCUT2D eigenvalue weighted by Crippen LogP contribution is 2.31. The van der Waals surface area contributed by atoms with Crippen LogP contribution in [0.25, 0.3) is 0 Å². The predicted molar refractivity (Wildman–Crippen MR) is 93.3 cm³/mol. The molecule has 2 aromatic rings. The Kier molecular flexibility index (Phi) is 4.44. The van der Waals surface area contributed by atoms with E-state index in [9.17, 15) is 8.42 Å². The number of nitrogens with two attached hydrogens (primary N) is 1. The minimum Gasteiger partial charge on any atom is -0.396 e. The largest absolute Gasteiger partial charge is 0.396 e. The summed E-state index contributed by atoms with van der Waals surface area (Å²) in [6.45, 7) is 9.82. The molecule has 2 N–H and O–H groups in total. The maximum Gasteiger partial charge on any atom is 0.339 e. The summed E-state index contributed by atoms with van der Waals surface area (Å²) in [6.07, 6.45) is 0. The third kappa shape index (κ3) is 3.67. The number of aryl methyl sites for hydroxylation is 1. The van der Waals surface area contributed by atoms with E-state index in [1.807, 2.05) is 33.8 Å². The molecule has 124 valence electrons. The van der Waals surface area contributed by atoms with Crippen molar-refractivity contribution in [3.63, 3.8) is 0 Å². The normalized spacial score (nSPS) is 12.2. The summed E-state index contributed by atoms with van der Waals surface area (Å²) in [7, 11) is -3.95. The molecule has 0 aliphatic rings. The highest BCUT2D eigenvalue weighted by Gasteiger charge is 2.25. The van der Waals surface area contributed by atoms with Gasteiger partial charge in [0.1, 0.15) is 4.90 Å². The Morgan fingerprint density at radius 2 is 1.65 bits per heavy atom. The van der Waals surface area contributed by atoms with Crippen LogP contribution in [0, 0.1) is 13.8 Å². The van der Waals surface area contributed by atoms with Crippen molar-refractivity contribution in [3.8, 4) is 5.75 Å². The van der Waals surface area contributed by atoms with Crippen molar-refractivity contribution in [2.24, 2.45) is 0 Å². The van der Waals surface area contributed by atoms with E-state index in [-0.39, 0.29) is 21.7 Å². The van der Waals surface area contributed by atoms with E-state index in [0.29, 0.717) is 5.56 Å². The standard InChI is InChI=1S/C18H23NO3S/c1-12-10-14(18(3,4)5)11-17(13(12)2)23(20,21)22-16-9-7-6-8-15(16)19/h6-11H,19H2,1-5H3. The minimum atomic E-state index is -3.95. The lowest BCUT2D eigenvalue weighted by Crippen LogP contribution is -2.17. The number of para-hydroxylation sites is 2. The first-order chi connectivity index (χ1) is 10.5. The third-order valence-corrected chi connectivity index (χ3v) is 5.24. The average molecular weight is 333 g/mol. The zero-order valence-corrected chi connectivity index (χ0v) is 15.0. The molecule has 0 unspecified atom stereocenters. The molecule has 5 heteroatoms. The molecule has 23 heavy (non-hydrogen) atoms. The minimum absolute atomic E-state index is 0.144. The van der Waals surface area contributed by atoms with Crippen LogP contribution in [0.5, 0.6) is 5.75 Å². The molecule has 0 bridgehead atoms. The second kappa shape index (κ2) is 5.89. The first kappa shape index (κ1) is 17.3. The van der Waals surface area contributed by atoms with Gasteiger partial charge < -0.3 is 9.92 Å². The summed E-state index contributed by atoms with van der Waals surface area (Å²) in [4.78, 5) is 0.186. The molecule has 0 spiro atoms. The van der Waals surface area contributed by atoms with Crippen LogP contribution in [-0.4, -0.2) is 8.42 Å². The van der Waals surface area contributed by atoms with Gasteiger partial charge in [0, 0.05) is 0 Å². The lowest BCUT2D eigenvalue weighted by atomic mass is 9.85. The first-order valence-corrected chi connectivity index (χ1v) is 8.84. The van der Waals surface area contributed by atoms with Gasteiger partial charge in [-0.05, 0) is 54.2 Å². The zero-order chi connectivity index (χ0) is 17.4. The summed E-state index contributed by atoms with van der Waals surface area (Å²) < 4.78 is 30.7. The molecule has 0 radical (unpaired) electrons. The second-order valence-electron chi connectivity index (χ2n) is 6.74. The lowest BCUT2D eigenvalue weighted by molar-refractivity contribution is 0.485. The van der Waals surface area contributed by atoms with Crippen LogP contribution in [0.15, 0.2) is 41.3 Å². The van der Waals surface area contributed by atoms with Crippen LogP contribution < -0.4 is 9.92 Å². The fourth-order valence-corrected chi connectivity index (χ4v) is 3.52. The molecule has 0 saturated carbocycles. The molecule has 0 saturated heterocycles. The smallest absolute Gasteiger partial charge is 0.339 e. The molecule has 0 aromatic heterocycles. The van der Waals surface area contributed by atoms with Gasteiger partial charge in [-0.1, -0.05) is 39.0 Å². The Hall–Kier alpha value is -2.01. The van der Waals surface area contributed by atoms with Crippen molar-refractivity contribution in [1.29, 1.82) is 0 Å². The van der Waals surface area contributed by atoms with Crippen LogP contribution in [0.3, 0.4) is 0 Å². The molecule has 0 amide bonds. The van der Waals surface area contributed by atoms with Gasteiger partial charge >= 0.3 is 10.1 Å². The van der Waals surface area contributed by atoms with Crippen LogP contribution in [0.4, 0.5) is 5.69 Å². The number of hydrogen-bond acceptors (Lipinski definition) is 4. The summed E-state index contributed by atoms with van der Waals surface area (Å²) in [5.74, 6) is 0.144. The van der Waals surface area contributed by atoms with Gasteiger partial charge in [0.15, 0.2) is 5.75 Å². The SMILES string of the molecule is Cc1cc(C(C)(C)C)cc(S(=O)(=O)Oc2ccccc2N)c1C. The van der Waals surface area contributed by atoms with E-state index in [4.69, 9.17) is 9.92 Å². The Morgan fingerprint density at radius 1 is 1.04 bits per heavy atom. The van der Waals surface area contributed by atoms with Crippen molar-refractivity contribution in [1.82, 2.24) is 0 Å². The fraction of sp³-hybridized carbons (Fsp3) is 0.333. The predicted octanol–water partition coefficient (Wildman–Crippen LogP) is 3.95. The van der Waals surface area contributed by atoms with Crippen molar-refractivity contribution >= 4 is 15.8 Å². The number of benzene rings is 2. The Labute approximate surface area is 138 Å². The molecule has 0 fully saturated rings. The number of hydrogen-bond donors (Lipinski definition) is 1. The van der Waals surface area contributed by atoms with Gasteiger partial charge in [0.05, 0.1) is 5.69 Å². The Bertz CT molecular complexity index is 834. The van der Waals surface area contributed by atoms with Gasteiger partial charge in [-0.2, -0.15) is 8.42 Å². The summed E-state index contributed by atoms with van der Waals surface area (Å²) >= 11 is 0. The summed E-state index contributed by atoms with van der Waals surface area (Å²) in [5, 5.41) is 0. The lowest BCUT2D eigenvalue weighted by Gasteiger charge is -2.22. The quantitative estimate of drug-likeness (QED) is 0.682. The van der Waals surface area contributed by atoms with E-state index < -0.39 is 10.1 Å². The zero-order valence-electron chi connectivity index (χ0n) is 14.2. The van der Waals surface area contributed by atoms with Gasteiger partial charge in [0.25, 0.3) is 0 Å². The number of nitrogen functional groups attached to an aromatic ring is 1. The van der Waals surface area contributed by atoms with Gasteiger partial charge in [-0.3, -0.25) is 0 Å². The second-order valence-corrected chi connectivity index (χ2v) is 8.26. The van der Waals surface area contributed by atoms with Crippen molar-refractivity contribution in [2.45, 2.75) is 44.9 Å². The molecule has 2 aromatic carbocycles. The Morgan fingerprint density at radius 3 is 2.22 bits per heavy atom. The molecular formula is C18H23NO3S. The fourth-order valence-electron chi connectivity index (χ4n) is 2.24. The number of anilines is 1. The monoisotopic (exact) mass is 333 g/mol. The third-order valence-electron chi connectivity index (χ3n) is 3.87. The molecule has 4 nitrogen and oxygen atoms in total. The topological polar surface area (TPSA) is 69.4 Å². The Balaban J connectivity index is 2.56. The highest BCUT2D eigenvalue weighted by molar-refractivity contribution is 7.87. The molecular weight excluding hydrogens is 310 g/mol. The van der Waals surface area contributed by atoms with Gasteiger partial charge in [-0.25, -0.2) is 0 Å². The maximum absolute atomic E-state index is 12.7. The van der Waals surface area contributed by atoms with Crippen molar-refractivity contribution in [3.05, 3.63) is 53.1 Å². The van der Waals surface area contributed by atoms with Crippen LogP contribution in [0.2, 0.25) is 0 Å². The molecule has 0 aliphatic heterocycles. The van der Waals surface area contributed by atoms with E-state index in [1.54, 1.807) is 37.3 Å². The van der Waals surface area contributed by atoms with Crippen LogP contribution in [-0.2, 0) is 15.5 Å². The van der Waals surface area contributed by atoms with Crippen LogP contribution >= 0.6 is 0 Å². The number of rotatable bonds is 3. The van der Waals surface area contributed by atoms with E-state index in [2.05, 4.69) is 0 Å². The maximum atomic E-state index is 12.7. The van der Waals surface area contributed by atoms with E-state index >= 15 is 0 Å². The molecule has 0 aliphatic carbocycles. The molecule has 0 atom stereocenters.